The molecule has 31 heavy (non-hydrogen) atoms. The molecule has 0 spiro atoms. The van der Waals surface area contributed by atoms with E-state index in [1.54, 1.807) is 10.9 Å². The molecule has 0 amide bonds. The van der Waals surface area contributed by atoms with Gasteiger partial charge in [0.15, 0.2) is 0 Å². The molecule has 0 aromatic carbocycles. The number of nitrogens with zero attached hydrogens (tertiary/aromatic N) is 6. The Morgan fingerprint density at radius 1 is 1.19 bits per heavy atom. The number of hydrogen-bond donors (Lipinski definition) is 1. The first-order chi connectivity index (χ1) is 15.0. The van der Waals surface area contributed by atoms with Gasteiger partial charge in [-0.15, -0.1) is 5.10 Å². The quantitative estimate of drug-likeness (QED) is 0.666. The van der Waals surface area contributed by atoms with Crippen molar-refractivity contribution in [2.45, 2.75) is 26.0 Å². The highest BCUT2D eigenvalue weighted by atomic mass is 16.6. The molecule has 2 aliphatic rings. The average Bonchev–Trinajstić information content (AvgIpc) is 3.50. The molecule has 3 aromatic rings. The zero-order chi connectivity index (χ0) is 21.5. The van der Waals surface area contributed by atoms with Gasteiger partial charge in [-0.05, 0) is 6.07 Å². The highest BCUT2D eigenvalue weighted by Crippen LogP contribution is 2.33. The smallest absolute Gasteiger partial charge is 0.257 e. The lowest BCUT2D eigenvalue weighted by Gasteiger charge is -2.18. The van der Waals surface area contributed by atoms with Crippen LogP contribution in [0.3, 0.4) is 0 Å². The first kappa shape index (κ1) is 19.8. The maximum absolute atomic E-state index is 9.65. The van der Waals surface area contributed by atoms with Crippen molar-refractivity contribution in [3.05, 3.63) is 24.2 Å². The fourth-order valence-corrected chi connectivity index (χ4v) is 4.17. The SMILES string of the molecule is C[C@@H]1COCC1Oc1nn(C)cc1Nc1ncc2cc(C#N)n([C@H]3COC[C@@H]3C)c2n1. The van der Waals surface area contributed by atoms with E-state index in [0.717, 1.165) is 5.39 Å². The third-order valence-corrected chi connectivity index (χ3v) is 5.95. The van der Waals surface area contributed by atoms with Gasteiger partial charge in [-0.3, -0.25) is 4.68 Å². The summed E-state index contributed by atoms with van der Waals surface area (Å²) in [5, 5.41) is 18.1. The van der Waals surface area contributed by atoms with Crippen molar-refractivity contribution < 1.29 is 14.2 Å². The van der Waals surface area contributed by atoms with Crippen molar-refractivity contribution in [2.24, 2.45) is 18.9 Å². The number of nitriles is 1. The van der Waals surface area contributed by atoms with Crippen LogP contribution < -0.4 is 10.1 Å². The summed E-state index contributed by atoms with van der Waals surface area (Å²) in [6, 6.07) is 4.17. The molecule has 2 saturated heterocycles. The highest BCUT2D eigenvalue weighted by molar-refractivity contribution is 5.79. The molecule has 2 aliphatic heterocycles. The number of rotatable bonds is 5. The first-order valence-electron chi connectivity index (χ1n) is 10.4. The lowest BCUT2D eigenvalue weighted by molar-refractivity contribution is 0.134. The third kappa shape index (κ3) is 3.60. The van der Waals surface area contributed by atoms with Crippen molar-refractivity contribution in [3.8, 4) is 11.9 Å². The van der Waals surface area contributed by atoms with Crippen molar-refractivity contribution >= 4 is 22.7 Å². The molecule has 0 aliphatic carbocycles. The zero-order valence-electron chi connectivity index (χ0n) is 17.8. The lowest BCUT2D eigenvalue weighted by atomic mass is 10.1. The van der Waals surface area contributed by atoms with Gasteiger partial charge < -0.3 is 24.1 Å². The summed E-state index contributed by atoms with van der Waals surface area (Å²) >= 11 is 0. The highest BCUT2D eigenvalue weighted by Gasteiger charge is 2.30. The predicted molar refractivity (Wildman–Crippen MR) is 112 cm³/mol. The summed E-state index contributed by atoms with van der Waals surface area (Å²) in [6.07, 6.45) is 3.51. The van der Waals surface area contributed by atoms with Gasteiger partial charge in [0.05, 0.1) is 38.7 Å². The topological polar surface area (TPSA) is 112 Å². The molecule has 162 valence electrons. The molecule has 5 rings (SSSR count). The van der Waals surface area contributed by atoms with Gasteiger partial charge in [-0.25, -0.2) is 4.98 Å². The lowest BCUT2D eigenvalue weighted by Crippen LogP contribution is -2.23. The molecule has 10 heteroatoms. The first-order valence-corrected chi connectivity index (χ1v) is 10.4. The summed E-state index contributed by atoms with van der Waals surface area (Å²) in [4.78, 5) is 9.17. The molecule has 1 unspecified atom stereocenters. The number of ether oxygens (including phenoxy) is 3. The summed E-state index contributed by atoms with van der Waals surface area (Å²) in [6.45, 7) is 6.68. The van der Waals surface area contributed by atoms with E-state index in [0.29, 0.717) is 67.1 Å². The molecular formula is C21H25N7O3. The van der Waals surface area contributed by atoms with Crippen LogP contribution in [0.5, 0.6) is 5.88 Å². The minimum absolute atomic E-state index is 0.0434. The van der Waals surface area contributed by atoms with Crippen LogP contribution in [0.4, 0.5) is 11.6 Å². The predicted octanol–water partition coefficient (Wildman–Crippen LogP) is 2.40. The van der Waals surface area contributed by atoms with Crippen LogP contribution in [0, 0.1) is 23.2 Å². The van der Waals surface area contributed by atoms with E-state index in [1.807, 2.05) is 23.9 Å². The van der Waals surface area contributed by atoms with Gasteiger partial charge in [0.25, 0.3) is 5.88 Å². The van der Waals surface area contributed by atoms with Crippen molar-refractivity contribution in [1.29, 1.82) is 5.26 Å². The average molecular weight is 423 g/mol. The van der Waals surface area contributed by atoms with E-state index in [9.17, 15) is 5.26 Å². The minimum atomic E-state index is -0.0434. The second kappa shape index (κ2) is 7.83. The van der Waals surface area contributed by atoms with Crippen LogP contribution in [0.15, 0.2) is 18.5 Å². The molecule has 0 radical (unpaired) electrons. The Bertz CT molecular complexity index is 1150. The number of nitrogens with one attached hydrogen (secondary N) is 1. The molecule has 0 saturated carbocycles. The Morgan fingerprint density at radius 3 is 2.71 bits per heavy atom. The van der Waals surface area contributed by atoms with Gasteiger partial charge in [0.2, 0.25) is 5.95 Å². The summed E-state index contributed by atoms with van der Waals surface area (Å²) < 4.78 is 20.9. The molecule has 1 N–H and O–H groups in total. The van der Waals surface area contributed by atoms with E-state index >= 15 is 0 Å². The largest absolute Gasteiger partial charge is 0.469 e. The Labute approximate surface area is 179 Å². The summed E-state index contributed by atoms with van der Waals surface area (Å²) in [7, 11) is 1.84. The maximum Gasteiger partial charge on any atom is 0.257 e. The standard InChI is InChI=1S/C21H25N7O3/c1-12-8-29-10-17(12)28-15(5-22)4-14-6-23-21(25-19(14)28)24-16-7-27(3)26-20(16)31-18-11-30-9-13(18)2/h4,6-7,12-13,17-18H,8-11H2,1-3H3,(H,23,24,25)/t12-,13+,17-,18?/m0/s1. The van der Waals surface area contributed by atoms with Crippen LogP contribution in [-0.4, -0.2) is 56.8 Å². The van der Waals surface area contributed by atoms with Crippen molar-refractivity contribution in [3.63, 3.8) is 0 Å². The number of anilines is 2. The second-order valence-electron chi connectivity index (χ2n) is 8.38. The van der Waals surface area contributed by atoms with E-state index in [4.69, 9.17) is 19.2 Å². The van der Waals surface area contributed by atoms with E-state index in [-0.39, 0.29) is 12.1 Å². The Balaban J connectivity index is 1.47. The Morgan fingerprint density at radius 2 is 2.00 bits per heavy atom. The van der Waals surface area contributed by atoms with Crippen LogP contribution in [-0.2, 0) is 16.5 Å². The van der Waals surface area contributed by atoms with Gasteiger partial charge >= 0.3 is 0 Å². The molecule has 3 aromatic heterocycles. The number of aryl methyl sites for hydroxylation is 1. The van der Waals surface area contributed by atoms with Crippen LogP contribution in [0.1, 0.15) is 25.6 Å². The molecule has 10 nitrogen and oxygen atoms in total. The minimum Gasteiger partial charge on any atom is -0.469 e. The molecule has 5 heterocycles. The van der Waals surface area contributed by atoms with E-state index in [1.165, 1.54) is 0 Å². The molecule has 2 fully saturated rings. The fraction of sp³-hybridized carbons (Fsp3) is 0.524. The third-order valence-electron chi connectivity index (χ3n) is 5.95. The van der Waals surface area contributed by atoms with Gasteiger partial charge in [-0.1, -0.05) is 13.8 Å². The van der Waals surface area contributed by atoms with Crippen LogP contribution >= 0.6 is 0 Å². The number of hydrogen-bond acceptors (Lipinski definition) is 8. The Hall–Kier alpha value is -3.16. The Kier molecular flexibility index (Phi) is 5.00. The molecule has 4 atom stereocenters. The van der Waals surface area contributed by atoms with Crippen LogP contribution in [0.25, 0.3) is 11.0 Å². The molecule has 0 bridgehead atoms. The summed E-state index contributed by atoms with van der Waals surface area (Å²) in [5.41, 5.74) is 1.95. The summed E-state index contributed by atoms with van der Waals surface area (Å²) in [5.74, 6) is 1.49. The van der Waals surface area contributed by atoms with Gasteiger partial charge in [-0.2, -0.15) is 10.2 Å². The van der Waals surface area contributed by atoms with Crippen molar-refractivity contribution in [2.75, 3.05) is 31.7 Å². The number of aromatic nitrogens is 5. The zero-order valence-corrected chi connectivity index (χ0v) is 17.8. The van der Waals surface area contributed by atoms with E-state index in [2.05, 4.69) is 35.3 Å². The molecular weight excluding hydrogens is 398 g/mol. The van der Waals surface area contributed by atoms with Gasteiger partial charge in [0, 0.05) is 30.5 Å². The second-order valence-corrected chi connectivity index (χ2v) is 8.38. The fourth-order valence-electron chi connectivity index (χ4n) is 4.17. The number of fused-ring (bicyclic) bond motifs is 1. The normalized spacial score (nSPS) is 25.7. The van der Waals surface area contributed by atoms with Crippen LogP contribution in [0.2, 0.25) is 0 Å². The van der Waals surface area contributed by atoms with Gasteiger partial charge in [0.1, 0.15) is 29.2 Å². The monoisotopic (exact) mass is 423 g/mol. The maximum atomic E-state index is 9.65. The van der Waals surface area contributed by atoms with Crippen molar-refractivity contribution in [1.82, 2.24) is 24.3 Å². The van der Waals surface area contributed by atoms with E-state index < -0.39 is 0 Å².